The van der Waals surface area contributed by atoms with Gasteiger partial charge in [0.15, 0.2) is 0 Å². The van der Waals surface area contributed by atoms with Gasteiger partial charge in [0, 0.05) is 0 Å². The second kappa shape index (κ2) is 13.4. The Morgan fingerprint density at radius 3 is 1.83 bits per heavy atom. The van der Waals surface area contributed by atoms with Gasteiger partial charge in [-0.15, -0.1) is 0 Å². The number of nitrogens with one attached hydrogen (secondary N) is 3. The molecule has 10 nitrogen and oxygen atoms in total. The molecule has 0 saturated carbocycles. The second-order valence-electron chi connectivity index (χ2n) is 7.43. The van der Waals surface area contributed by atoms with Crippen LogP contribution in [0.4, 0.5) is 0 Å². The molecule has 0 heterocycles. The number of hydrogen-bond donors (Lipinski definition) is 6. The maximum Gasteiger partial charge on any atom is 0.326 e. The lowest BCUT2D eigenvalue weighted by atomic mass is 10.0. The number of carbonyl (C=O) groups is 4. The Morgan fingerprint density at radius 2 is 1.41 bits per heavy atom. The van der Waals surface area contributed by atoms with Crippen molar-refractivity contribution in [2.24, 2.45) is 17.6 Å². The lowest BCUT2D eigenvalue weighted by Gasteiger charge is -2.26. The van der Waals surface area contributed by atoms with Gasteiger partial charge in [0.25, 0.3) is 0 Å². The van der Waals surface area contributed by atoms with Crippen LogP contribution in [0.15, 0.2) is 0 Å². The van der Waals surface area contributed by atoms with Crippen molar-refractivity contribution in [3.8, 4) is 0 Å². The van der Waals surface area contributed by atoms with E-state index < -0.39 is 60.4 Å². The summed E-state index contributed by atoms with van der Waals surface area (Å²) in [5.41, 5.74) is 5.82. The molecule has 11 heteroatoms. The van der Waals surface area contributed by atoms with Crippen molar-refractivity contribution in [1.29, 1.82) is 0 Å². The number of carboxylic acid groups (broad SMARTS) is 1. The largest absolute Gasteiger partial charge is 0.480 e. The highest BCUT2D eigenvalue weighted by Crippen LogP contribution is 2.06. The quantitative estimate of drug-likeness (QED) is 0.212. The summed E-state index contributed by atoms with van der Waals surface area (Å²) in [5.74, 6) is -3.20. The first-order chi connectivity index (χ1) is 13.5. The predicted molar refractivity (Wildman–Crippen MR) is 111 cm³/mol. The molecule has 3 amide bonds. The molecule has 29 heavy (non-hydrogen) atoms. The summed E-state index contributed by atoms with van der Waals surface area (Å²) in [6, 6.07) is -4.25. The predicted octanol–water partition coefficient (Wildman–Crippen LogP) is -1.09. The molecule has 0 aliphatic heterocycles. The molecule has 7 N–H and O–H groups in total. The van der Waals surface area contributed by atoms with Gasteiger partial charge in [-0.1, -0.05) is 27.7 Å². The summed E-state index contributed by atoms with van der Waals surface area (Å²) in [6.45, 7) is 5.94. The first-order valence-electron chi connectivity index (χ1n) is 9.45. The molecule has 0 radical (unpaired) electrons. The molecule has 168 valence electrons. The molecule has 0 aromatic rings. The zero-order valence-electron chi connectivity index (χ0n) is 17.6. The van der Waals surface area contributed by atoms with Gasteiger partial charge in [-0.3, -0.25) is 14.4 Å². The van der Waals surface area contributed by atoms with Crippen molar-refractivity contribution in [2.75, 3.05) is 18.6 Å². The van der Waals surface area contributed by atoms with Crippen LogP contribution in [0.5, 0.6) is 0 Å². The number of rotatable bonds is 13. The van der Waals surface area contributed by atoms with Gasteiger partial charge < -0.3 is 31.9 Å². The summed E-state index contributed by atoms with van der Waals surface area (Å²) in [4.78, 5) is 48.4. The minimum absolute atomic E-state index is 0.309. The zero-order valence-corrected chi connectivity index (χ0v) is 18.4. The first-order valence-corrected chi connectivity index (χ1v) is 10.8. The Bertz CT molecular complexity index is 573. The third-order valence-electron chi connectivity index (χ3n) is 4.26. The van der Waals surface area contributed by atoms with Crippen LogP contribution in [0, 0.1) is 11.8 Å². The molecule has 0 spiro atoms. The van der Waals surface area contributed by atoms with E-state index >= 15 is 0 Å². The molecule has 0 aliphatic rings. The third-order valence-corrected chi connectivity index (χ3v) is 4.91. The minimum Gasteiger partial charge on any atom is -0.480 e. The first kappa shape index (κ1) is 27.1. The number of carboxylic acids is 1. The number of nitrogens with two attached hydrogens (primary N) is 1. The van der Waals surface area contributed by atoms with Gasteiger partial charge in [-0.05, 0) is 30.3 Å². The number of aliphatic hydroxyl groups excluding tert-OH is 1. The summed E-state index contributed by atoms with van der Waals surface area (Å²) < 4.78 is 0. The maximum absolute atomic E-state index is 12.6. The van der Waals surface area contributed by atoms with Crippen molar-refractivity contribution >= 4 is 35.5 Å². The molecule has 0 bridgehead atoms. The lowest BCUT2D eigenvalue weighted by Crippen LogP contribution is -2.59. The Balaban J connectivity index is 5.10. The van der Waals surface area contributed by atoms with Crippen molar-refractivity contribution in [3.63, 3.8) is 0 Å². The average Bonchev–Trinajstić information content (AvgIpc) is 2.64. The lowest BCUT2D eigenvalue weighted by molar-refractivity contribution is -0.144. The maximum atomic E-state index is 12.6. The number of hydrogen-bond acceptors (Lipinski definition) is 7. The van der Waals surface area contributed by atoms with E-state index in [-0.39, 0.29) is 5.92 Å². The highest BCUT2D eigenvalue weighted by Gasteiger charge is 2.32. The van der Waals surface area contributed by atoms with E-state index in [0.717, 1.165) is 0 Å². The molecule has 0 saturated heterocycles. The van der Waals surface area contributed by atoms with Gasteiger partial charge in [0.2, 0.25) is 17.7 Å². The van der Waals surface area contributed by atoms with Gasteiger partial charge in [0.05, 0.1) is 12.6 Å². The van der Waals surface area contributed by atoms with E-state index in [9.17, 15) is 29.4 Å². The fourth-order valence-electron chi connectivity index (χ4n) is 2.39. The normalized spacial score (nSPS) is 15.3. The van der Waals surface area contributed by atoms with Crippen LogP contribution in [0.1, 0.15) is 34.1 Å². The number of aliphatic carboxylic acids is 1. The fourth-order valence-corrected chi connectivity index (χ4v) is 2.88. The van der Waals surface area contributed by atoms with Crippen LogP contribution in [-0.4, -0.2) is 76.7 Å². The van der Waals surface area contributed by atoms with Crippen LogP contribution in [0.3, 0.4) is 0 Å². The Labute approximate surface area is 175 Å². The highest BCUT2D eigenvalue weighted by molar-refractivity contribution is 7.98. The molecule has 0 aromatic heterocycles. The van der Waals surface area contributed by atoms with E-state index in [0.29, 0.717) is 12.2 Å². The summed E-state index contributed by atoms with van der Waals surface area (Å²) in [7, 11) is 0. The van der Waals surface area contributed by atoms with Gasteiger partial charge in [-0.25, -0.2) is 4.79 Å². The molecule has 4 unspecified atom stereocenters. The molecule has 0 aliphatic carbocycles. The van der Waals surface area contributed by atoms with Crippen molar-refractivity contribution in [3.05, 3.63) is 0 Å². The summed E-state index contributed by atoms with van der Waals surface area (Å²) >= 11 is 1.55. The van der Waals surface area contributed by atoms with Crippen LogP contribution in [-0.2, 0) is 19.2 Å². The zero-order chi connectivity index (χ0) is 22.7. The fraction of sp³-hybridized carbons (Fsp3) is 0.778. The average molecular weight is 435 g/mol. The van der Waals surface area contributed by atoms with Crippen molar-refractivity contribution in [2.45, 2.75) is 58.3 Å². The monoisotopic (exact) mass is 434 g/mol. The third kappa shape index (κ3) is 9.46. The van der Waals surface area contributed by atoms with Crippen molar-refractivity contribution in [1.82, 2.24) is 16.0 Å². The number of thioether (sulfide) groups is 1. The SMILES string of the molecule is CSCCC(N)C(=O)NC(C(=O)NC(CO)C(=O)NC(C(=O)O)C(C)C)C(C)C. The van der Waals surface area contributed by atoms with Gasteiger partial charge >= 0.3 is 5.97 Å². The number of aliphatic hydroxyl groups is 1. The summed E-state index contributed by atoms with van der Waals surface area (Å²) in [5, 5.41) is 25.9. The molecule has 4 atom stereocenters. The molecular weight excluding hydrogens is 400 g/mol. The summed E-state index contributed by atoms with van der Waals surface area (Å²) in [6.07, 6.45) is 2.34. The standard InChI is InChI=1S/C18H34N4O6S/c1-9(2)13(21-15(24)11(19)6-7-29-5)17(26)20-12(8-23)16(25)22-14(10(3)4)18(27)28/h9-14,23H,6-8,19H2,1-5H3,(H,20,26)(H,21,24)(H,22,25)(H,27,28). The second-order valence-corrected chi connectivity index (χ2v) is 8.42. The molecule has 0 fully saturated rings. The van der Waals surface area contributed by atoms with Crippen LogP contribution in [0.2, 0.25) is 0 Å². The van der Waals surface area contributed by atoms with Crippen LogP contribution >= 0.6 is 11.8 Å². The van der Waals surface area contributed by atoms with Gasteiger partial charge in [0.1, 0.15) is 18.1 Å². The van der Waals surface area contributed by atoms with Gasteiger partial charge in [-0.2, -0.15) is 11.8 Å². The molecule has 0 aromatic carbocycles. The van der Waals surface area contributed by atoms with E-state index in [4.69, 9.17) is 5.73 Å². The topological polar surface area (TPSA) is 171 Å². The van der Waals surface area contributed by atoms with Crippen LogP contribution < -0.4 is 21.7 Å². The van der Waals surface area contributed by atoms with E-state index in [1.54, 1.807) is 39.5 Å². The smallest absolute Gasteiger partial charge is 0.326 e. The van der Waals surface area contributed by atoms with E-state index in [2.05, 4.69) is 16.0 Å². The van der Waals surface area contributed by atoms with E-state index in [1.165, 1.54) is 0 Å². The number of carbonyl (C=O) groups excluding carboxylic acids is 3. The Morgan fingerprint density at radius 1 is 0.897 bits per heavy atom. The molecule has 0 rings (SSSR count). The molecular formula is C18H34N4O6S. The Hall–Kier alpha value is -1.85. The minimum atomic E-state index is -1.36. The number of amides is 3. The Kier molecular flexibility index (Phi) is 12.5. The van der Waals surface area contributed by atoms with E-state index in [1.807, 2.05) is 6.26 Å². The van der Waals surface area contributed by atoms with Crippen molar-refractivity contribution < 1.29 is 29.4 Å². The van der Waals surface area contributed by atoms with Crippen LogP contribution in [0.25, 0.3) is 0 Å². The highest BCUT2D eigenvalue weighted by atomic mass is 32.2.